The van der Waals surface area contributed by atoms with Crippen molar-refractivity contribution in [3.63, 3.8) is 0 Å². The van der Waals surface area contributed by atoms with Crippen LogP contribution < -0.4 is 11.3 Å². The Kier molecular flexibility index (Phi) is 6.93. The summed E-state index contributed by atoms with van der Waals surface area (Å²) in [5.74, 6) is 5.75. The molecule has 0 spiro atoms. The number of nitrogens with two attached hydrogens (primary N) is 1. The van der Waals surface area contributed by atoms with Gasteiger partial charge in [-0.3, -0.25) is 11.3 Å². The number of halogens is 2. The summed E-state index contributed by atoms with van der Waals surface area (Å²) in [5.41, 5.74) is 3.83. The van der Waals surface area contributed by atoms with E-state index < -0.39 is 0 Å². The van der Waals surface area contributed by atoms with Crippen LogP contribution in [0.4, 0.5) is 4.39 Å². The van der Waals surface area contributed by atoms with Gasteiger partial charge >= 0.3 is 0 Å². The fraction of sp³-hybridized carbons (Fsp3) is 0.571. The monoisotopic (exact) mass is 332 g/mol. The third-order valence-corrected chi connectivity index (χ3v) is 3.82. The highest BCUT2D eigenvalue weighted by molar-refractivity contribution is 9.10. The molecule has 1 rings (SSSR count). The maximum absolute atomic E-state index is 13.1. The van der Waals surface area contributed by atoms with Gasteiger partial charge in [0.25, 0.3) is 0 Å². The van der Waals surface area contributed by atoms with Crippen LogP contribution in [0.15, 0.2) is 22.7 Å². The largest absolute Gasteiger partial charge is 0.377 e. The molecule has 0 heterocycles. The molecule has 19 heavy (non-hydrogen) atoms. The summed E-state index contributed by atoms with van der Waals surface area (Å²) in [6.45, 7) is 6.82. The van der Waals surface area contributed by atoms with Gasteiger partial charge in [0.15, 0.2) is 0 Å². The van der Waals surface area contributed by atoms with Gasteiger partial charge < -0.3 is 4.74 Å². The molecule has 0 radical (unpaired) electrons. The van der Waals surface area contributed by atoms with Crippen molar-refractivity contribution >= 4 is 15.9 Å². The van der Waals surface area contributed by atoms with Crippen molar-refractivity contribution in [2.24, 2.45) is 11.8 Å². The highest BCUT2D eigenvalue weighted by Gasteiger charge is 2.25. The zero-order chi connectivity index (χ0) is 14.4. The van der Waals surface area contributed by atoms with E-state index in [-0.39, 0.29) is 18.0 Å². The minimum absolute atomic E-state index is 0.0123. The Bertz CT molecular complexity index is 401. The summed E-state index contributed by atoms with van der Waals surface area (Å²) in [7, 11) is 0. The summed E-state index contributed by atoms with van der Waals surface area (Å²) in [4.78, 5) is 0. The fourth-order valence-electron chi connectivity index (χ4n) is 2.16. The van der Waals surface area contributed by atoms with E-state index in [1.165, 1.54) is 12.1 Å². The molecule has 108 valence electrons. The van der Waals surface area contributed by atoms with Crippen molar-refractivity contribution in [2.75, 3.05) is 6.61 Å². The second-order valence-electron chi connectivity index (χ2n) is 4.88. The molecule has 3 nitrogen and oxygen atoms in total. The number of benzene rings is 1. The summed E-state index contributed by atoms with van der Waals surface area (Å²) >= 11 is 3.38. The van der Waals surface area contributed by atoms with Gasteiger partial charge in [0, 0.05) is 11.1 Å². The lowest BCUT2D eigenvalue weighted by Gasteiger charge is -2.29. The summed E-state index contributed by atoms with van der Waals surface area (Å²) < 4.78 is 19.6. The SMILES string of the molecule is CCOC(C(C)C)C(Cc1ccc(F)cc1Br)NN. The van der Waals surface area contributed by atoms with Gasteiger partial charge in [-0.1, -0.05) is 35.8 Å². The predicted octanol–water partition coefficient (Wildman–Crippen LogP) is 3.02. The highest BCUT2D eigenvalue weighted by Crippen LogP contribution is 2.22. The number of hydrazine groups is 1. The molecule has 0 fully saturated rings. The average Bonchev–Trinajstić information content (AvgIpc) is 2.35. The van der Waals surface area contributed by atoms with Crippen LogP contribution in [0, 0.1) is 11.7 Å². The molecule has 0 amide bonds. The maximum Gasteiger partial charge on any atom is 0.124 e. The van der Waals surface area contributed by atoms with E-state index in [9.17, 15) is 4.39 Å². The van der Waals surface area contributed by atoms with Gasteiger partial charge in [-0.15, -0.1) is 0 Å². The normalized spacial score (nSPS) is 14.7. The first kappa shape index (κ1) is 16.6. The molecule has 0 bridgehead atoms. The molecule has 0 saturated carbocycles. The first-order valence-electron chi connectivity index (χ1n) is 6.51. The number of hydrogen-bond acceptors (Lipinski definition) is 3. The Hall–Kier alpha value is -0.490. The van der Waals surface area contributed by atoms with Crippen LogP contribution >= 0.6 is 15.9 Å². The smallest absolute Gasteiger partial charge is 0.124 e. The van der Waals surface area contributed by atoms with E-state index >= 15 is 0 Å². The lowest BCUT2D eigenvalue weighted by molar-refractivity contribution is 0.00352. The fourth-order valence-corrected chi connectivity index (χ4v) is 2.67. The molecule has 0 aliphatic rings. The molecule has 0 aliphatic heterocycles. The van der Waals surface area contributed by atoms with Crippen molar-refractivity contribution in [3.05, 3.63) is 34.1 Å². The highest BCUT2D eigenvalue weighted by atomic mass is 79.9. The maximum atomic E-state index is 13.1. The molecular weight excluding hydrogens is 311 g/mol. The third-order valence-electron chi connectivity index (χ3n) is 3.08. The molecule has 0 saturated heterocycles. The first-order chi connectivity index (χ1) is 8.99. The van der Waals surface area contributed by atoms with E-state index in [4.69, 9.17) is 10.6 Å². The molecule has 0 aliphatic carbocycles. The second-order valence-corrected chi connectivity index (χ2v) is 5.73. The van der Waals surface area contributed by atoms with E-state index in [1.54, 1.807) is 6.07 Å². The van der Waals surface area contributed by atoms with E-state index in [0.717, 1.165) is 10.0 Å². The van der Waals surface area contributed by atoms with Crippen molar-refractivity contribution in [3.8, 4) is 0 Å². The lowest BCUT2D eigenvalue weighted by Crippen LogP contribution is -2.49. The van der Waals surface area contributed by atoms with E-state index in [2.05, 4.69) is 35.2 Å². The van der Waals surface area contributed by atoms with Crippen LogP contribution in [-0.4, -0.2) is 18.8 Å². The Morgan fingerprint density at radius 3 is 2.58 bits per heavy atom. The van der Waals surface area contributed by atoms with Crippen LogP contribution in [0.2, 0.25) is 0 Å². The van der Waals surface area contributed by atoms with Crippen molar-refractivity contribution in [2.45, 2.75) is 39.3 Å². The van der Waals surface area contributed by atoms with Gasteiger partial charge in [-0.05, 0) is 37.0 Å². The zero-order valence-corrected chi connectivity index (χ0v) is 13.2. The predicted molar refractivity (Wildman–Crippen MR) is 79.2 cm³/mol. The van der Waals surface area contributed by atoms with Crippen molar-refractivity contribution in [1.82, 2.24) is 5.43 Å². The molecule has 5 heteroatoms. The minimum atomic E-state index is -0.252. The number of hydrogen-bond donors (Lipinski definition) is 2. The Labute approximate surface area is 122 Å². The summed E-state index contributed by atoms with van der Waals surface area (Å²) in [6.07, 6.45) is 0.701. The van der Waals surface area contributed by atoms with Crippen molar-refractivity contribution < 1.29 is 9.13 Å². The quantitative estimate of drug-likeness (QED) is 0.596. The first-order valence-corrected chi connectivity index (χ1v) is 7.30. The van der Waals surface area contributed by atoms with Gasteiger partial charge in [-0.25, -0.2) is 4.39 Å². The summed E-state index contributed by atoms with van der Waals surface area (Å²) in [6, 6.07) is 4.68. The van der Waals surface area contributed by atoms with Gasteiger partial charge in [0.2, 0.25) is 0 Å². The van der Waals surface area contributed by atoms with E-state index in [0.29, 0.717) is 18.9 Å². The lowest BCUT2D eigenvalue weighted by atomic mass is 9.94. The summed E-state index contributed by atoms with van der Waals surface area (Å²) in [5, 5.41) is 0. The van der Waals surface area contributed by atoms with E-state index in [1.807, 2.05) is 6.92 Å². The van der Waals surface area contributed by atoms with Crippen molar-refractivity contribution in [1.29, 1.82) is 0 Å². The average molecular weight is 333 g/mol. The number of ether oxygens (including phenoxy) is 1. The molecule has 2 atom stereocenters. The molecule has 0 aromatic heterocycles. The molecule has 1 aromatic carbocycles. The van der Waals surface area contributed by atoms with Gasteiger partial charge in [0.1, 0.15) is 5.82 Å². The minimum Gasteiger partial charge on any atom is -0.377 e. The van der Waals surface area contributed by atoms with Crippen LogP contribution in [0.5, 0.6) is 0 Å². The van der Waals surface area contributed by atoms with Gasteiger partial charge in [-0.2, -0.15) is 0 Å². The van der Waals surface area contributed by atoms with Crippen LogP contribution in [0.25, 0.3) is 0 Å². The van der Waals surface area contributed by atoms with Crippen LogP contribution in [0.3, 0.4) is 0 Å². The van der Waals surface area contributed by atoms with Crippen LogP contribution in [0.1, 0.15) is 26.3 Å². The number of nitrogens with one attached hydrogen (secondary N) is 1. The standard InChI is InChI=1S/C14H22BrFN2O/c1-4-19-14(9(2)3)13(18-17)7-10-5-6-11(16)8-12(10)15/h5-6,8-9,13-14,18H,4,7,17H2,1-3H3. The third kappa shape index (κ3) is 4.84. The molecular formula is C14H22BrFN2O. The molecule has 3 N–H and O–H groups in total. The molecule has 2 unspecified atom stereocenters. The van der Waals surface area contributed by atoms with Crippen LogP contribution in [-0.2, 0) is 11.2 Å². The Morgan fingerprint density at radius 1 is 1.42 bits per heavy atom. The Morgan fingerprint density at radius 2 is 2.11 bits per heavy atom. The van der Waals surface area contributed by atoms with Gasteiger partial charge in [0.05, 0.1) is 12.1 Å². The number of rotatable bonds is 7. The molecule has 1 aromatic rings. The zero-order valence-electron chi connectivity index (χ0n) is 11.6. The Balaban J connectivity index is 2.85. The topological polar surface area (TPSA) is 47.3 Å². The second kappa shape index (κ2) is 7.94.